The molecular formula is C25H19FN6O. The van der Waals surface area contributed by atoms with Crippen molar-refractivity contribution in [3.63, 3.8) is 0 Å². The fourth-order valence-corrected chi connectivity index (χ4v) is 3.59. The Morgan fingerprint density at radius 1 is 1.03 bits per heavy atom. The third-order valence-corrected chi connectivity index (χ3v) is 5.16. The Morgan fingerprint density at radius 2 is 1.88 bits per heavy atom. The zero-order valence-electron chi connectivity index (χ0n) is 17.7. The van der Waals surface area contributed by atoms with Crippen LogP contribution in [0, 0.1) is 12.7 Å². The maximum atomic E-state index is 13.7. The molecule has 5 aromatic rings. The molecule has 0 saturated carbocycles. The van der Waals surface area contributed by atoms with Gasteiger partial charge in [-0.1, -0.05) is 42.5 Å². The third kappa shape index (κ3) is 4.31. The maximum absolute atomic E-state index is 13.7. The highest BCUT2D eigenvalue weighted by Gasteiger charge is 2.19. The van der Waals surface area contributed by atoms with E-state index in [1.54, 1.807) is 35.3 Å². The molecule has 1 N–H and O–H groups in total. The standard InChI is InChI=1S/C25H19FN6O/c1-16-10-11-27-25(29-16)31-24(33)20-13-22(18-7-3-2-4-8-18)30-23-21(20)14-28-32(23)15-17-6-5-9-19(26)12-17/h2-14H,15H2,1H3,(H,27,29,31,33). The Kier molecular flexibility index (Phi) is 5.32. The van der Waals surface area contributed by atoms with Crippen molar-refractivity contribution in [1.82, 2.24) is 24.7 Å². The van der Waals surface area contributed by atoms with Gasteiger partial charge in [0.25, 0.3) is 5.91 Å². The van der Waals surface area contributed by atoms with E-state index in [-0.39, 0.29) is 17.7 Å². The number of amides is 1. The summed E-state index contributed by atoms with van der Waals surface area (Å²) in [6.45, 7) is 2.14. The van der Waals surface area contributed by atoms with E-state index in [2.05, 4.69) is 20.4 Å². The van der Waals surface area contributed by atoms with E-state index in [0.29, 0.717) is 28.8 Å². The molecule has 0 aliphatic rings. The summed E-state index contributed by atoms with van der Waals surface area (Å²) in [5.74, 6) is -0.464. The van der Waals surface area contributed by atoms with Crippen molar-refractivity contribution in [3.8, 4) is 11.3 Å². The van der Waals surface area contributed by atoms with Crippen LogP contribution in [0.2, 0.25) is 0 Å². The summed E-state index contributed by atoms with van der Waals surface area (Å²) in [5, 5.41) is 7.78. The zero-order chi connectivity index (χ0) is 22.8. The molecule has 0 radical (unpaired) electrons. The Balaban J connectivity index is 1.61. The van der Waals surface area contributed by atoms with Gasteiger partial charge in [-0.15, -0.1) is 0 Å². The highest BCUT2D eigenvalue weighted by molar-refractivity contribution is 6.12. The van der Waals surface area contributed by atoms with E-state index in [1.807, 2.05) is 43.3 Å². The molecular weight excluding hydrogens is 419 g/mol. The SMILES string of the molecule is Cc1ccnc(NC(=O)c2cc(-c3ccccc3)nc3c2cnn3Cc2cccc(F)c2)n1. The lowest BCUT2D eigenvalue weighted by molar-refractivity contribution is 0.102. The third-order valence-electron chi connectivity index (χ3n) is 5.16. The van der Waals surface area contributed by atoms with Gasteiger partial charge < -0.3 is 0 Å². The molecule has 3 aromatic heterocycles. The summed E-state index contributed by atoms with van der Waals surface area (Å²) >= 11 is 0. The number of aryl methyl sites for hydroxylation is 1. The first kappa shape index (κ1) is 20.4. The number of carbonyl (C=O) groups is 1. The van der Waals surface area contributed by atoms with Gasteiger partial charge >= 0.3 is 0 Å². The number of halogens is 1. The average molecular weight is 438 g/mol. The lowest BCUT2D eigenvalue weighted by Crippen LogP contribution is -2.15. The molecule has 0 bridgehead atoms. The molecule has 33 heavy (non-hydrogen) atoms. The van der Waals surface area contributed by atoms with Crippen molar-refractivity contribution < 1.29 is 9.18 Å². The number of pyridine rings is 1. The number of hydrogen-bond donors (Lipinski definition) is 1. The van der Waals surface area contributed by atoms with Crippen LogP contribution in [0.3, 0.4) is 0 Å². The normalized spacial score (nSPS) is 11.0. The molecule has 0 saturated heterocycles. The van der Waals surface area contributed by atoms with Crippen molar-refractivity contribution >= 4 is 22.9 Å². The Labute approximate surface area is 189 Å². The van der Waals surface area contributed by atoms with E-state index in [0.717, 1.165) is 16.8 Å². The van der Waals surface area contributed by atoms with E-state index in [9.17, 15) is 9.18 Å². The van der Waals surface area contributed by atoms with Gasteiger partial charge in [-0.3, -0.25) is 10.1 Å². The number of hydrogen-bond acceptors (Lipinski definition) is 5. The molecule has 0 spiro atoms. The van der Waals surface area contributed by atoms with Crippen LogP contribution in [0.5, 0.6) is 0 Å². The molecule has 0 fully saturated rings. The first-order chi connectivity index (χ1) is 16.1. The molecule has 5 rings (SSSR count). The van der Waals surface area contributed by atoms with Gasteiger partial charge in [0.05, 0.1) is 29.4 Å². The summed E-state index contributed by atoms with van der Waals surface area (Å²) in [4.78, 5) is 26.4. The van der Waals surface area contributed by atoms with Crippen LogP contribution in [-0.2, 0) is 6.54 Å². The smallest absolute Gasteiger partial charge is 0.258 e. The van der Waals surface area contributed by atoms with Gasteiger partial charge in [0.1, 0.15) is 5.82 Å². The molecule has 2 aromatic carbocycles. The maximum Gasteiger partial charge on any atom is 0.258 e. The van der Waals surface area contributed by atoms with Gasteiger partial charge in [0.2, 0.25) is 5.95 Å². The number of carbonyl (C=O) groups excluding carboxylic acids is 1. The van der Waals surface area contributed by atoms with Crippen LogP contribution in [0.15, 0.2) is 79.1 Å². The van der Waals surface area contributed by atoms with Gasteiger partial charge in [-0.25, -0.2) is 24.0 Å². The quantitative estimate of drug-likeness (QED) is 0.432. The van der Waals surface area contributed by atoms with Crippen LogP contribution < -0.4 is 5.32 Å². The van der Waals surface area contributed by atoms with Crippen LogP contribution in [-0.4, -0.2) is 30.6 Å². The minimum absolute atomic E-state index is 0.221. The van der Waals surface area contributed by atoms with Crippen molar-refractivity contribution in [2.75, 3.05) is 5.32 Å². The van der Waals surface area contributed by atoms with Gasteiger partial charge in [0, 0.05) is 17.5 Å². The number of nitrogens with zero attached hydrogens (tertiary/aromatic N) is 5. The summed E-state index contributed by atoms with van der Waals surface area (Å²) < 4.78 is 15.4. The van der Waals surface area contributed by atoms with Gasteiger partial charge in [-0.2, -0.15) is 5.10 Å². The van der Waals surface area contributed by atoms with Crippen molar-refractivity contribution in [2.24, 2.45) is 0 Å². The molecule has 7 nitrogen and oxygen atoms in total. The zero-order valence-corrected chi connectivity index (χ0v) is 17.7. The fourth-order valence-electron chi connectivity index (χ4n) is 3.59. The second-order valence-corrected chi connectivity index (χ2v) is 7.57. The monoisotopic (exact) mass is 438 g/mol. The van der Waals surface area contributed by atoms with E-state index in [1.165, 1.54) is 12.1 Å². The van der Waals surface area contributed by atoms with Crippen LogP contribution >= 0.6 is 0 Å². The molecule has 0 aliphatic heterocycles. The summed E-state index contributed by atoms with van der Waals surface area (Å²) in [5.41, 5.74) is 3.89. The predicted octanol–water partition coefficient (Wildman–Crippen LogP) is 4.64. The minimum Gasteiger partial charge on any atom is -0.290 e. The number of rotatable bonds is 5. The highest BCUT2D eigenvalue weighted by atomic mass is 19.1. The number of benzene rings is 2. The molecule has 0 unspecified atom stereocenters. The Hall–Kier alpha value is -4.46. The van der Waals surface area contributed by atoms with Crippen molar-refractivity contribution in [2.45, 2.75) is 13.5 Å². The van der Waals surface area contributed by atoms with E-state index in [4.69, 9.17) is 4.98 Å². The van der Waals surface area contributed by atoms with E-state index >= 15 is 0 Å². The van der Waals surface area contributed by atoms with E-state index < -0.39 is 0 Å². The highest BCUT2D eigenvalue weighted by Crippen LogP contribution is 2.26. The minimum atomic E-state index is -0.365. The van der Waals surface area contributed by atoms with Gasteiger partial charge in [-0.05, 0) is 36.8 Å². The average Bonchev–Trinajstić information content (AvgIpc) is 3.21. The molecule has 162 valence electrons. The summed E-state index contributed by atoms with van der Waals surface area (Å²) in [7, 11) is 0. The number of aromatic nitrogens is 5. The molecule has 8 heteroatoms. The van der Waals surface area contributed by atoms with Crippen LogP contribution in [0.1, 0.15) is 21.6 Å². The summed E-state index contributed by atoms with van der Waals surface area (Å²) in [6, 6.07) is 19.4. The molecule has 0 aliphatic carbocycles. The molecule has 3 heterocycles. The largest absolute Gasteiger partial charge is 0.290 e. The number of fused-ring (bicyclic) bond motifs is 1. The Morgan fingerprint density at radius 3 is 2.67 bits per heavy atom. The second kappa shape index (κ2) is 8.58. The van der Waals surface area contributed by atoms with Crippen molar-refractivity contribution in [3.05, 3.63) is 102 Å². The molecule has 1 amide bonds. The first-order valence-corrected chi connectivity index (χ1v) is 10.3. The van der Waals surface area contributed by atoms with Crippen molar-refractivity contribution in [1.29, 1.82) is 0 Å². The first-order valence-electron chi connectivity index (χ1n) is 10.3. The second-order valence-electron chi connectivity index (χ2n) is 7.57. The Bertz CT molecular complexity index is 1460. The lowest BCUT2D eigenvalue weighted by atomic mass is 10.1. The van der Waals surface area contributed by atoms with Gasteiger partial charge in [0.15, 0.2) is 5.65 Å². The topological polar surface area (TPSA) is 85.6 Å². The predicted molar refractivity (Wildman–Crippen MR) is 123 cm³/mol. The van der Waals surface area contributed by atoms with Crippen LogP contribution in [0.25, 0.3) is 22.3 Å². The summed E-state index contributed by atoms with van der Waals surface area (Å²) in [6.07, 6.45) is 3.19. The van der Waals surface area contributed by atoms with Crippen LogP contribution in [0.4, 0.5) is 10.3 Å². The number of anilines is 1. The lowest BCUT2D eigenvalue weighted by Gasteiger charge is -2.10. The fraction of sp³-hybridized carbons (Fsp3) is 0.0800. The molecule has 0 atom stereocenters. The number of nitrogens with one attached hydrogen (secondary N) is 1.